The molecular weight excluding hydrogens is 642 g/mol. The van der Waals surface area contributed by atoms with E-state index in [2.05, 4.69) is 26.3 Å². The number of amides is 4. The van der Waals surface area contributed by atoms with Gasteiger partial charge in [-0.2, -0.15) is 0 Å². The molecule has 50 heavy (non-hydrogen) atoms. The number of aryl methyl sites for hydroxylation is 1. The number of carbonyl (C=O) groups excluding carboxylic acids is 4. The number of hydrogen-bond acceptors (Lipinski definition) is 7. The van der Waals surface area contributed by atoms with Gasteiger partial charge in [-0.1, -0.05) is 58.7 Å². The summed E-state index contributed by atoms with van der Waals surface area (Å²) in [5.74, 6) is -4.12. The van der Waals surface area contributed by atoms with Crippen molar-refractivity contribution < 1.29 is 33.5 Å². The van der Waals surface area contributed by atoms with Crippen LogP contribution in [0.25, 0.3) is 21.9 Å². The van der Waals surface area contributed by atoms with Gasteiger partial charge >= 0.3 is 11.6 Å². The second-order valence-electron chi connectivity index (χ2n) is 12.8. The van der Waals surface area contributed by atoms with Crippen molar-refractivity contribution in [1.82, 2.24) is 20.9 Å². The lowest BCUT2D eigenvalue weighted by Crippen LogP contribution is -2.59. The Morgan fingerprint density at radius 1 is 0.820 bits per heavy atom. The van der Waals surface area contributed by atoms with Gasteiger partial charge < -0.3 is 35.8 Å². The molecule has 0 radical (unpaired) electrons. The average Bonchev–Trinajstić information content (AvgIpc) is 3.49. The Hall–Kier alpha value is -5.46. The number of nitrogens with one attached hydrogen (secondary N) is 5. The Kier molecular flexibility index (Phi) is 12.5. The first-order valence-electron chi connectivity index (χ1n) is 16.8. The molecule has 4 rings (SSSR count). The van der Waals surface area contributed by atoms with E-state index in [0.29, 0.717) is 35.2 Å². The van der Waals surface area contributed by atoms with Gasteiger partial charge in [-0.3, -0.25) is 24.0 Å². The summed E-state index contributed by atoms with van der Waals surface area (Å²) < 4.78 is 5.34. The molecule has 0 spiro atoms. The van der Waals surface area contributed by atoms with Crippen LogP contribution < -0.4 is 26.9 Å². The van der Waals surface area contributed by atoms with Gasteiger partial charge in [0, 0.05) is 47.3 Å². The number of fused-ring (bicyclic) bond motifs is 2. The monoisotopic (exact) mass is 687 g/mol. The second-order valence-corrected chi connectivity index (χ2v) is 12.8. The molecule has 13 heteroatoms. The van der Waals surface area contributed by atoms with E-state index in [-0.39, 0.29) is 31.1 Å². The first-order valence-corrected chi connectivity index (χ1v) is 16.8. The van der Waals surface area contributed by atoms with Gasteiger partial charge in [0.15, 0.2) is 0 Å². The third-order valence-electron chi connectivity index (χ3n) is 9.03. The summed E-state index contributed by atoms with van der Waals surface area (Å²) in [6.45, 7) is 9.08. The number of H-pyrrole nitrogens is 1. The van der Waals surface area contributed by atoms with Crippen LogP contribution in [0.5, 0.6) is 0 Å². The van der Waals surface area contributed by atoms with Crippen LogP contribution in [0.3, 0.4) is 0 Å². The summed E-state index contributed by atoms with van der Waals surface area (Å²) in [6, 6.07) is 12.7. The zero-order valence-corrected chi connectivity index (χ0v) is 28.9. The molecule has 13 nitrogen and oxygen atoms in total. The highest BCUT2D eigenvalue weighted by Crippen LogP contribution is 2.22. The van der Waals surface area contributed by atoms with Crippen LogP contribution in [0.15, 0.2) is 63.8 Å². The van der Waals surface area contributed by atoms with Crippen molar-refractivity contribution in [2.75, 3.05) is 5.32 Å². The number of benzene rings is 2. The Balaban J connectivity index is 1.59. The summed E-state index contributed by atoms with van der Waals surface area (Å²) in [5.41, 5.74) is 2.42. The summed E-state index contributed by atoms with van der Waals surface area (Å²) in [7, 11) is 0. The van der Waals surface area contributed by atoms with Crippen molar-refractivity contribution in [3.8, 4) is 0 Å². The van der Waals surface area contributed by atoms with Gasteiger partial charge in [0.1, 0.15) is 23.7 Å². The number of para-hydroxylation sites is 1. The fourth-order valence-corrected chi connectivity index (χ4v) is 5.68. The van der Waals surface area contributed by atoms with E-state index in [1.165, 1.54) is 6.07 Å². The molecular formula is C37H45N5O8. The van der Waals surface area contributed by atoms with Crippen LogP contribution in [0.1, 0.15) is 64.6 Å². The van der Waals surface area contributed by atoms with E-state index in [4.69, 9.17) is 9.52 Å². The number of carbonyl (C=O) groups is 5. The molecule has 4 aromatic rings. The molecule has 6 N–H and O–H groups in total. The van der Waals surface area contributed by atoms with E-state index in [0.717, 1.165) is 16.5 Å². The number of carboxylic acid groups (broad SMARTS) is 1. The number of aromatic nitrogens is 1. The molecule has 0 aliphatic heterocycles. The van der Waals surface area contributed by atoms with E-state index in [1.807, 2.05) is 44.2 Å². The van der Waals surface area contributed by atoms with Crippen LogP contribution in [0.2, 0.25) is 0 Å². The number of anilines is 1. The highest BCUT2D eigenvalue weighted by atomic mass is 16.4. The molecule has 0 fully saturated rings. The van der Waals surface area contributed by atoms with Gasteiger partial charge in [0.25, 0.3) is 0 Å². The fraction of sp³-hybridized carbons (Fsp3) is 0.405. The average molecular weight is 688 g/mol. The zero-order valence-electron chi connectivity index (χ0n) is 28.9. The van der Waals surface area contributed by atoms with Gasteiger partial charge in [0.05, 0.1) is 6.42 Å². The smallest absolute Gasteiger partial charge is 0.336 e. The summed E-state index contributed by atoms with van der Waals surface area (Å²) >= 11 is 0. The van der Waals surface area contributed by atoms with Crippen molar-refractivity contribution in [1.29, 1.82) is 0 Å². The van der Waals surface area contributed by atoms with Crippen LogP contribution in [0, 0.1) is 18.8 Å². The topological polar surface area (TPSA) is 200 Å². The molecule has 0 aliphatic carbocycles. The summed E-state index contributed by atoms with van der Waals surface area (Å²) in [4.78, 5) is 80.3. The molecule has 2 aromatic carbocycles. The first kappa shape index (κ1) is 37.4. The minimum atomic E-state index is -1.13. The SMILES string of the molecule is CCC(C)C(NC(=O)CCC(=O)O)C(=O)NC(C(=O)NC(Cc1cc2ccccc2[nH]1)C(=O)Nc1ccc2c(C)cc(=O)oc2c1)C(C)CC. The Labute approximate surface area is 289 Å². The van der Waals surface area contributed by atoms with E-state index < -0.39 is 53.3 Å². The molecule has 266 valence electrons. The van der Waals surface area contributed by atoms with Gasteiger partial charge in [-0.25, -0.2) is 4.79 Å². The Morgan fingerprint density at radius 2 is 1.48 bits per heavy atom. The van der Waals surface area contributed by atoms with Crippen molar-refractivity contribution >= 4 is 57.2 Å². The molecule has 4 amide bonds. The quantitative estimate of drug-likeness (QED) is 0.0943. The van der Waals surface area contributed by atoms with Crippen LogP contribution in [0.4, 0.5) is 5.69 Å². The van der Waals surface area contributed by atoms with Crippen molar-refractivity contribution in [2.45, 2.75) is 84.8 Å². The Morgan fingerprint density at radius 3 is 2.14 bits per heavy atom. The summed E-state index contributed by atoms with van der Waals surface area (Å²) in [6.07, 6.45) is 0.453. The zero-order chi connectivity index (χ0) is 36.5. The van der Waals surface area contributed by atoms with Crippen LogP contribution in [-0.2, 0) is 30.4 Å². The highest BCUT2D eigenvalue weighted by molar-refractivity contribution is 6.00. The van der Waals surface area contributed by atoms with Crippen molar-refractivity contribution in [3.05, 3.63) is 76.3 Å². The molecule has 5 atom stereocenters. The lowest BCUT2D eigenvalue weighted by atomic mass is 9.94. The largest absolute Gasteiger partial charge is 0.481 e. The standard InChI is InChI=1S/C37H45N5O8/c1-6-20(3)33(41-30(43)14-15-31(44)45)37(49)42-34(21(4)7-2)36(48)40-28(18-25-17-23-10-8-9-11-27(23)38-25)35(47)39-24-12-13-26-22(5)16-32(46)50-29(26)19-24/h8-13,16-17,19-21,28,33-34,38H,6-7,14-15,18H2,1-5H3,(H,39,47)(H,40,48)(H,41,43)(H,42,49)(H,44,45). The maximum atomic E-state index is 14.0. The predicted molar refractivity (Wildman–Crippen MR) is 189 cm³/mol. The summed E-state index contributed by atoms with van der Waals surface area (Å²) in [5, 5.41) is 21.7. The van der Waals surface area contributed by atoms with E-state index in [1.54, 1.807) is 39.0 Å². The Bertz CT molecular complexity index is 1900. The number of rotatable bonds is 16. The number of hydrogen-bond donors (Lipinski definition) is 6. The number of aliphatic carboxylic acids is 1. The molecule has 0 saturated carbocycles. The normalized spacial score (nSPS) is 14.3. The maximum Gasteiger partial charge on any atom is 0.336 e. The van der Waals surface area contributed by atoms with Gasteiger partial charge in [-0.15, -0.1) is 0 Å². The fourth-order valence-electron chi connectivity index (χ4n) is 5.68. The van der Waals surface area contributed by atoms with E-state index >= 15 is 0 Å². The molecule has 0 saturated heterocycles. The first-order chi connectivity index (χ1) is 23.8. The molecule has 0 bridgehead atoms. The predicted octanol–water partition coefficient (Wildman–Crippen LogP) is 4.18. The minimum Gasteiger partial charge on any atom is -0.481 e. The maximum absolute atomic E-state index is 14.0. The third-order valence-corrected chi connectivity index (χ3v) is 9.03. The lowest BCUT2D eigenvalue weighted by molar-refractivity contribution is -0.139. The van der Waals surface area contributed by atoms with Crippen LogP contribution in [-0.4, -0.2) is 57.8 Å². The second kappa shape index (κ2) is 16.8. The van der Waals surface area contributed by atoms with Crippen LogP contribution >= 0.6 is 0 Å². The molecule has 0 aliphatic rings. The molecule has 5 unspecified atom stereocenters. The number of carboxylic acids is 1. The molecule has 2 heterocycles. The highest BCUT2D eigenvalue weighted by Gasteiger charge is 2.34. The molecule has 2 aromatic heterocycles. The van der Waals surface area contributed by atoms with Gasteiger partial charge in [-0.05, 0) is 54.0 Å². The lowest BCUT2D eigenvalue weighted by Gasteiger charge is -2.30. The van der Waals surface area contributed by atoms with Crippen molar-refractivity contribution in [2.24, 2.45) is 11.8 Å². The van der Waals surface area contributed by atoms with E-state index in [9.17, 15) is 28.8 Å². The van der Waals surface area contributed by atoms with Gasteiger partial charge in [0.2, 0.25) is 23.6 Å². The van der Waals surface area contributed by atoms with Crippen molar-refractivity contribution in [3.63, 3.8) is 0 Å². The number of aromatic amines is 1. The third kappa shape index (κ3) is 9.58. The minimum absolute atomic E-state index is 0.0876.